The molecule has 2 N–H and O–H groups in total. The van der Waals surface area contributed by atoms with Gasteiger partial charge in [0.05, 0.1) is 46.8 Å². The van der Waals surface area contributed by atoms with Crippen molar-refractivity contribution in [2.45, 2.75) is 90.1 Å². The summed E-state index contributed by atoms with van der Waals surface area (Å²) in [6, 6.07) is 15.3. The topological polar surface area (TPSA) is 167 Å². The Morgan fingerprint density at radius 1 is 0.908 bits per heavy atom. The van der Waals surface area contributed by atoms with Crippen molar-refractivity contribution in [1.29, 1.82) is 0 Å². The standard InChI is InChI=1S/C42H40F2N8O3.C6H8N2O2/c1-24-18-30(19-25(2)38(24)43)52-40(50-15-14-49(42(50)54)37-9-8-36-31(39(37)44)22-45-51(36)29-4-3-5-29)32-23-48(13-10-34(32)47-52)41(53)35-21-28-20-27(6-7-33(28)46-35)26-11-16-55-17-12-26;1-3-2-4(3)5-7-6(9)10-8-5/h6-9,14-15,18-22,26,29,46H,3-5,10-13,16-17,23H2,1-2H3;3-4H,2H2,1H3,(H,7,8,9). The van der Waals surface area contributed by atoms with Crippen LogP contribution < -0.4 is 11.4 Å². The van der Waals surface area contributed by atoms with Crippen molar-refractivity contribution in [3.05, 3.63) is 139 Å². The van der Waals surface area contributed by atoms with Crippen LogP contribution in [0.15, 0.2) is 81.2 Å². The van der Waals surface area contributed by atoms with E-state index in [0.717, 1.165) is 68.3 Å². The number of rotatable bonds is 7. The van der Waals surface area contributed by atoms with E-state index in [1.165, 1.54) is 20.9 Å². The molecule has 4 aliphatic rings. The van der Waals surface area contributed by atoms with Gasteiger partial charge in [0.25, 0.3) is 5.91 Å². The first kappa shape index (κ1) is 40.9. The minimum atomic E-state index is -0.529. The predicted octanol–water partition coefficient (Wildman–Crippen LogP) is 7.84. The molecule has 7 heterocycles. The number of nitrogens with one attached hydrogen (secondary N) is 2. The fourth-order valence-corrected chi connectivity index (χ4v) is 9.74. The molecule has 1 saturated heterocycles. The Labute approximate surface area is 370 Å². The first-order valence-corrected chi connectivity index (χ1v) is 22.4. The Morgan fingerprint density at radius 3 is 2.38 bits per heavy atom. The number of nitrogens with zero attached hydrogens (tertiary/aromatic N) is 8. The number of hydrogen-bond donors (Lipinski definition) is 2. The molecule has 2 aliphatic carbocycles. The van der Waals surface area contributed by atoms with Gasteiger partial charge in [0, 0.05) is 61.0 Å². The summed E-state index contributed by atoms with van der Waals surface area (Å²) in [6.45, 7) is 7.62. The van der Waals surface area contributed by atoms with Gasteiger partial charge in [-0.15, -0.1) is 0 Å². The summed E-state index contributed by atoms with van der Waals surface area (Å²) in [7, 11) is 0. The number of H-pyrrole nitrogens is 2. The number of aromatic amines is 2. The van der Waals surface area contributed by atoms with E-state index >= 15 is 4.39 Å². The zero-order valence-electron chi connectivity index (χ0n) is 36.3. The molecule has 65 heavy (non-hydrogen) atoms. The lowest BCUT2D eigenvalue weighted by Crippen LogP contribution is -2.36. The summed E-state index contributed by atoms with van der Waals surface area (Å²) in [4.78, 5) is 46.7. The average Bonchev–Trinajstić information content (AvgIpc) is 3.89. The van der Waals surface area contributed by atoms with Crippen LogP contribution in [0.2, 0.25) is 0 Å². The van der Waals surface area contributed by atoms with Crippen LogP contribution in [-0.2, 0) is 17.7 Å². The molecular weight excluding hydrogens is 835 g/mol. The van der Waals surface area contributed by atoms with Crippen molar-refractivity contribution >= 4 is 27.7 Å². The van der Waals surface area contributed by atoms with Gasteiger partial charge in [0.1, 0.15) is 17.3 Å². The van der Waals surface area contributed by atoms with Gasteiger partial charge in [-0.25, -0.2) is 23.1 Å². The van der Waals surface area contributed by atoms with Crippen LogP contribution in [0.5, 0.6) is 0 Å². The average molecular weight is 883 g/mol. The SMILES string of the molecule is CC1CC1c1noc(=O)[nH]1.Cc1cc(-n2nc3c(c2-n2ccn(-c4ccc5c(cnn5C5CCC5)c4F)c2=O)CN(C(=O)c2cc4cc(C5CCOCC5)ccc4[nH]2)CC3)cc(C)c1F. The van der Waals surface area contributed by atoms with Crippen LogP contribution in [0.25, 0.3) is 39.0 Å². The van der Waals surface area contributed by atoms with Crippen LogP contribution in [0.1, 0.15) is 108 Å². The molecule has 334 valence electrons. The number of amides is 1. The van der Waals surface area contributed by atoms with E-state index in [-0.39, 0.29) is 30.0 Å². The summed E-state index contributed by atoms with van der Waals surface area (Å²) in [5.74, 6) is 1.19. The molecule has 12 rings (SSSR count). The van der Waals surface area contributed by atoms with Gasteiger partial charge in [-0.2, -0.15) is 10.2 Å². The number of imidazole rings is 1. The van der Waals surface area contributed by atoms with Crippen molar-refractivity contribution in [1.82, 2.24) is 48.7 Å². The molecular formula is C48H48F2N10O5. The molecule has 0 radical (unpaired) electrons. The third kappa shape index (κ3) is 7.21. The Morgan fingerprint density at radius 2 is 1.68 bits per heavy atom. The van der Waals surface area contributed by atoms with Crippen LogP contribution in [-0.4, -0.2) is 74.4 Å². The molecule has 5 aromatic heterocycles. The molecule has 2 unspecified atom stereocenters. The van der Waals surface area contributed by atoms with Crippen molar-refractivity contribution in [3.63, 3.8) is 0 Å². The summed E-state index contributed by atoms with van der Waals surface area (Å²) in [5.41, 5.74) is 5.79. The Hall–Kier alpha value is -6.88. The van der Waals surface area contributed by atoms with Crippen LogP contribution in [0.4, 0.5) is 8.78 Å². The fraction of sp³-hybridized carbons (Fsp3) is 0.375. The summed E-state index contributed by atoms with van der Waals surface area (Å²) in [5, 5.41) is 14.4. The third-order valence-electron chi connectivity index (χ3n) is 13.8. The highest BCUT2D eigenvalue weighted by molar-refractivity contribution is 5.98. The van der Waals surface area contributed by atoms with Crippen molar-refractivity contribution in [3.8, 4) is 17.2 Å². The maximum Gasteiger partial charge on any atom is 0.438 e. The predicted molar refractivity (Wildman–Crippen MR) is 237 cm³/mol. The second kappa shape index (κ2) is 16.0. The summed E-state index contributed by atoms with van der Waals surface area (Å²) < 4.78 is 47.2. The van der Waals surface area contributed by atoms with E-state index in [1.807, 2.05) is 22.9 Å². The van der Waals surface area contributed by atoms with E-state index in [9.17, 15) is 18.8 Å². The number of ether oxygens (including phenoxy) is 1. The number of carbonyl (C=O) groups is 1. The first-order chi connectivity index (χ1) is 31.5. The molecule has 0 bridgehead atoms. The second-order valence-electron chi connectivity index (χ2n) is 18.1. The van der Waals surface area contributed by atoms with Crippen molar-refractivity contribution < 1.29 is 22.8 Å². The lowest BCUT2D eigenvalue weighted by atomic mass is 9.91. The van der Waals surface area contributed by atoms with Gasteiger partial charge >= 0.3 is 11.4 Å². The third-order valence-corrected chi connectivity index (χ3v) is 13.8. The Bertz CT molecular complexity index is 3240. The van der Waals surface area contributed by atoms with Gasteiger partial charge in [-0.1, -0.05) is 18.1 Å². The molecule has 3 aromatic carbocycles. The number of carbonyl (C=O) groups excluding carboxylic acids is 1. The fourth-order valence-electron chi connectivity index (χ4n) is 9.74. The summed E-state index contributed by atoms with van der Waals surface area (Å²) in [6.07, 6.45) is 11.3. The number of benzene rings is 3. The van der Waals surface area contributed by atoms with E-state index in [2.05, 4.69) is 43.8 Å². The van der Waals surface area contributed by atoms with Gasteiger partial charge in [0.2, 0.25) is 0 Å². The van der Waals surface area contributed by atoms with E-state index in [1.54, 1.807) is 54.0 Å². The van der Waals surface area contributed by atoms with E-state index < -0.39 is 17.3 Å². The molecule has 2 aliphatic heterocycles. The van der Waals surface area contributed by atoms with Gasteiger partial charge in [-0.3, -0.25) is 28.1 Å². The number of aromatic nitrogens is 9. The number of halogens is 2. The maximum atomic E-state index is 16.2. The number of aryl methyl sites for hydroxylation is 2. The molecule has 3 fully saturated rings. The zero-order valence-corrected chi connectivity index (χ0v) is 36.3. The second-order valence-corrected chi connectivity index (χ2v) is 18.1. The Balaban J connectivity index is 0.000000412. The van der Waals surface area contributed by atoms with Gasteiger partial charge in [0.15, 0.2) is 11.6 Å². The smallest absolute Gasteiger partial charge is 0.381 e. The van der Waals surface area contributed by atoms with Gasteiger partial charge in [-0.05, 0) is 123 Å². The Kier molecular flexibility index (Phi) is 10.0. The van der Waals surface area contributed by atoms with Crippen molar-refractivity contribution in [2.75, 3.05) is 19.8 Å². The zero-order chi connectivity index (χ0) is 44.7. The van der Waals surface area contributed by atoms with Crippen LogP contribution in [0, 0.1) is 31.4 Å². The monoisotopic (exact) mass is 882 g/mol. The molecule has 2 atom stereocenters. The highest BCUT2D eigenvalue weighted by Crippen LogP contribution is 2.45. The first-order valence-electron chi connectivity index (χ1n) is 22.4. The maximum absolute atomic E-state index is 16.2. The largest absolute Gasteiger partial charge is 0.438 e. The minimum Gasteiger partial charge on any atom is -0.381 e. The lowest BCUT2D eigenvalue weighted by Gasteiger charge is -2.26. The number of fused-ring (bicyclic) bond motifs is 3. The van der Waals surface area contributed by atoms with Crippen LogP contribution in [0.3, 0.4) is 0 Å². The molecule has 1 amide bonds. The quantitative estimate of drug-likeness (QED) is 0.163. The number of hydrogen-bond acceptors (Lipinski definition) is 8. The van der Waals surface area contributed by atoms with Gasteiger partial charge < -0.3 is 14.6 Å². The highest BCUT2D eigenvalue weighted by atomic mass is 19.1. The highest BCUT2D eigenvalue weighted by Gasteiger charge is 2.37. The lowest BCUT2D eigenvalue weighted by molar-refractivity contribution is 0.0729. The van der Waals surface area contributed by atoms with E-state index in [4.69, 9.17) is 9.84 Å². The molecule has 15 nitrogen and oxygen atoms in total. The van der Waals surface area contributed by atoms with Crippen molar-refractivity contribution in [2.24, 2.45) is 5.92 Å². The minimum absolute atomic E-state index is 0.105. The normalized spacial score (nSPS) is 18.8. The summed E-state index contributed by atoms with van der Waals surface area (Å²) >= 11 is 0. The van der Waals surface area contributed by atoms with Crippen LogP contribution >= 0.6 is 0 Å². The van der Waals surface area contributed by atoms with E-state index in [0.29, 0.717) is 81.3 Å². The molecule has 8 aromatic rings. The molecule has 2 saturated carbocycles. The molecule has 0 spiro atoms. The molecule has 17 heteroatoms.